The second-order valence-electron chi connectivity index (χ2n) is 9.77. The number of rotatable bonds is 6. The van der Waals surface area contributed by atoms with Gasteiger partial charge in [0.1, 0.15) is 26.1 Å². The summed E-state index contributed by atoms with van der Waals surface area (Å²) < 4.78 is 10.9. The van der Waals surface area contributed by atoms with Gasteiger partial charge in [-0.1, -0.05) is 55.1 Å². The average molecular weight is 470 g/mol. The zero-order valence-corrected chi connectivity index (χ0v) is 20.5. The Kier molecular flexibility index (Phi) is 6.69. The minimum absolute atomic E-state index is 0.160. The molecule has 2 amide bonds. The SMILES string of the molecule is C[Si](C)(C)c1cc(C(=O)[C@@H]2CCCN2C(=O)[C@@H]2CCCN2C(=O)OCc2ccccc2)no1. The summed E-state index contributed by atoms with van der Waals surface area (Å²) in [5, 5.41) is 4.77. The summed E-state index contributed by atoms with van der Waals surface area (Å²) in [4.78, 5) is 42.5. The molecule has 3 heterocycles. The number of hydrogen-bond donors (Lipinski definition) is 0. The zero-order chi connectivity index (χ0) is 23.6. The molecule has 1 aromatic carbocycles. The third-order valence-electron chi connectivity index (χ3n) is 6.32. The standard InChI is InChI=1S/C24H31N3O5Si/c1-33(2,3)21-15-18(25-32-21)22(28)19-11-7-13-26(19)23(29)20-12-8-14-27(20)24(30)31-16-17-9-5-4-6-10-17/h4-6,9-10,15,19-20H,7-8,11-14,16H2,1-3H3/t19-,20-/m0/s1. The highest BCUT2D eigenvalue weighted by atomic mass is 28.3. The number of Topliss-reactive ketones (excluding diaryl/α,β-unsaturated/α-hetero) is 1. The van der Waals surface area contributed by atoms with Crippen molar-refractivity contribution in [1.82, 2.24) is 15.0 Å². The molecule has 8 nitrogen and oxygen atoms in total. The van der Waals surface area contributed by atoms with E-state index in [0.717, 1.165) is 23.8 Å². The van der Waals surface area contributed by atoms with E-state index >= 15 is 0 Å². The smallest absolute Gasteiger partial charge is 0.410 e. The fourth-order valence-electron chi connectivity index (χ4n) is 4.45. The number of benzene rings is 1. The van der Waals surface area contributed by atoms with Crippen LogP contribution in [0.2, 0.25) is 19.6 Å². The Balaban J connectivity index is 1.43. The molecular formula is C24H31N3O5Si. The predicted octanol–water partition coefficient (Wildman–Crippen LogP) is 3.19. The first-order chi connectivity index (χ1) is 15.8. The molecular weight excluding hydrogens is 438 g/mol. The maximum Gasteiger partial charge on any atom is 0.410 e. The lowest BCUT2D eigenvalue weighted by Crippen LogP contribution is -2.51. The highest BCUT2D eigenvalue weighted by Gasteiger charge is 2.43. The maximum atomic E-state index is 13.4. The minimum atomic E-state index is -1.73. The van der Waals surface area contributed by atoms with Crippen molar-refractivity contribution in [1.29, 1.82) is 0 Å². The van der Waals surface area contributed by atoms with Gasteiger partial charge >= 0.3 is 6.09 Å². The Morgan fingerprint density at radius 3 is 2.36 bits per heavy atom. The van der Waals surface area contributed by atoms with E-state index in [1.165, 1.54) is 4.90 Å². The molecule has 9 heteroatoms. The Morgan fingerprint density at radius 2 is 1.70 bits per heavy atom. The van der Waals surface area contributed by atoms with Gasteiger partial charge in [-0.15, -0.1) is 0 Å². The molecule has 2 aromatic rings. The van der Waals surface area contributed by atoms with Gasteiger partial charge in [0.2, 0.25) is 11.7 Å². The number of carbonyl (C=O) groups is 3. The van der Waals surface area contributed by atoms with Crippen molar-refractivity contribution >= 4 is 31.2 Å². The van der Waals surface area contributed by atoms with E-state index in [1.54, 1.807) is 11.0 Å². The third-order valence-corrected chi connectivity index (χ3v) is 8.03. The van der Waals surface area contributed by atoms with Gasteiger partial charge in [0, 0.05) is 19.2 Å². The quantitative estimate of drug-likeness (QED) is 0.477. The first kappa shape index (κ1) is 23.2. The predicted molar refractivity (Wildman–Crippen MR) is 125 cm³/mol. The third kappa shape index (κ3) is 5.03. The first-order valence-electron chi connectivity index (χ1n) is 11.5. The van der Waals surface area contributed by atoms with Crippen LogP contribution in [0, 0.1) is 0 Å². The van der Waals surface area contributed by atoms with Crippen LogP contribution in [-0.4, -0.2) is 66.0 Å². The maximum absolute atomic E-state index is 13.4. The molecule has 0 saturated carbocycles. The van der Waals surface area contributed by atoms with E-state index < -0.39 is 26.3 Å². The highest BCUT2D eigenvalue weighted by Crippen LogP contribution is 2.27. The molecule has 0 N–H and O–H groups in total. The van der Waals surface area contributed by atoms with Crippen LogP contribution in [0.25, 0.3) is 0 Å². The van der Waals surface area contributed by atoms with Gasteiger partial charge in [-0.3, -0.25) is 14.5 Å². The van der Waals surface area contributed by atoms with Crippen LogP contribution in [0.15, 0.2) is 40.9 Å². The molecule has 1 aromatic heterocycles. The summed E-state index contributed by atoms with van der Waals surface area (Å²) in [5.74, 6) is -0.376. The molecule has 2 saturated heterocycles. The molecule has 0 bridgehead atoms. The Morgan fingerprint density at radius 1 is 1.03 bits per heavy atom. The summed E-state index contributed by atoms with van der Waals surface area (Å²) >= 11 is 0. The van der Waals surface area contributed by atoms with Crippen molar-refractivity contribution in [3.05, 3.63) is 47.7 Å². The average Bonchev–Trinajstić information content (AvgIpc) is 3.56. The van der Waals surface area contributed by atoms with Gasteiger partial charge in [0.25, 0.3) is 0 Å². The molecule has 33 heavy (non-hydrogen) atoms. The van der Waals surface area contributed by atoms with E-state index in [2.05, 4.69) is 24.8 Å². The molecule has 2 aliphatic rings. The van der Waals surface area contributed by atoms with Crippen LogP contribution in [0.3, 0.4) is 0 Å². The van der Waals surface area contributed by atoms with E-state index in [4.69, 9.17) is 9.26 Å². The van der Waals surface area contributed by atoms with Crippen LogP contribution >= 0.6 is 0 Å². The molecule has 2 aliphatic heterocycles. The molecule has 2 fully saturated rings. The van der Waals surface area contributed by atoms with Crippen molar-refractivity contribution in [3.8, 4) is 0 Å². The lowest BCUT2D eigenvalue weighted by atomic mass is 10.1. The minimum Gasteiger partial charge on any atom is -0.445 e. The number of amides is 2. The topological polar surface area (TPSA) is 93.0 Å². The van der Waals surface area contributed by atoms with Crippen molar-refractivity contribution in [3.63, 3.8) is 0 Å². The van der Waals surface area contributed by atoms with Crippen molar-refractivity contribution in [2.75, 3.05) is 13.1 Å². The molecule has 0 unspecified atom stereocenters. The summed E-state index contributed by atoms with van der Waals surface area (Å²) in [6.07, 6.45) is 2.14. The van der Waals surface area contributed by atoms with E-state index in [9.17, 15) is 14.4 Å². The number of likely N-dealkylation sites (tertiary alicyclic amines) is 2. The molecule has 2 atom stereocenters. The fourth-order valence-corrected chi connectivity index (χ4v) is 5.34. The number of hydrogen-bond acceptors (Lipinski definition) is 6. The lowest BCUT2D eigenvalue weighted by Gasteiger charge is -2.30. The van der Waals surface area contributed by atoms with Crippen LogP contribution in [0.5, 0.6) is 0 Å². The van der Waals surface area contributed by atoms with Crippen LogP contribution in [0.1, 0.15) is 41.7 Å². The molecule has 0 radical (unpaired) electrons. The fraction of sp³-hybridized carbons (Fsp3) is 0.500. The Hall–Kier alpha value is -2.94. The number of carbonyl (C=O) groups excluding carboxylic acids is 3. The van der Waals surface area contributed by atoms with Gasteiger partial charge in [-0.05, 0) is 31.2 Å². The molecule has 4 rings (SSSR count). The van der Waals surface area contributed by atoms with E-state index in [-0.39, 0.29) is 24.0 Å². The van der Waals surface area contributed by atoms with Gasteiger partial charge in [0.15, 0.2) is 5.69 Å². The highest BCUT2D eigenvalue weighted by molar-refractivity contribution is 6.87. The monoisotopic (exact) mass is 469 g/mol. The van der Waals surface area contributed by atoms with Crippen LogP contribution < -0.4 is 5.38 Å². The van der Waals surface area contributed by atoms with Gasteiger partial charge < -0.3 is 14.2 Å². The number of nitrogens with zero attached hydrogens (tertiary/aromatic N) is 3. The molecule has 0 spiro atoms. The van der Waals surface area contributed by atoms with Gasteiger partial charge in [-0.25, -0.2) is 4.79 Å². The summed E-state index contributed by atoms with van der Waals surface area (Å²) in [5.41, 5.74) is 1.17. The van der Waals surface area contributed by atoms with Crippen molar-refractivity contribution < 1.29 is 23.6 Å². The van der Waals surface area contributed by atoms with Crippen molar-refractivity contribution in [2.45, 2.75) is 64.0 Å². The second kappa shape index (κ2) is 9.50. The number of ketones is 1. The summed E-state index contributed by atoms with van der Waals surface area (Å²) in [6.45, 7) is 7.50. The van der Waals surface area contributed by atoms with Crippen LogP contribution in [-0.2, 0) is 16.1 Å². The van der Waals surface area contributed by atoms with Gasteiger partial charge in [0.05, 0.1) is 6.04 Å². The number of ether oxygens (including phenoxy) is 1. The van der Waals surface area contributed by atoms with Crippen molar-refractivity contribution in [2.24, 2.45) is 0 Å². The second-order valence-corrected chi connectivity index (χ2v) is 14.8. The molecule has 176 valence electrons. The van der Waals surface area contributed by atoms with E-state index in [0.29, 0.717) is 25.9 Å². The largest absolute Gasteiger partial charge is 0.445 e. The van der Waals surface area contributed by atoms with Crippen LogP contribution in [0.4, 0.5) is 4.79 Å². The normalized spacial score (nSPS) is 20.8. The number of aromatic nitrogens is 1. The zero-order valence-electron chi connectivity index (χ0n) is 19.5. The first-order valence-corrected chi connectivity index (χ1v) is 15.0. The Labute approximate surface area is 194 Å². The lowest BCUT2D eigenvalue weighted by molar-refractivity contribution is -0.135. The Bertz CT molecular complexity index is 1020. The molecule has 0 aliphatic carbocycles. The van der Waals surface area contributed by atoms with Gasteiger partial charge in [-0.2, -0.15) is 0 Å². The van der Waals surface area contributed by atoms with E-state index in [1.807, 2.05) is 30.3 Å². The summed E-state index contributed by atoms with van der Waals surface area (Å²) in [6, 6.07) is 10.0. The summed E-state index contributed by atoms with van der Waals surface area (Å²) in [7, 11) is -1.73.